The fourth-order valence-electron chi connectivity index (χ4n) is 5.28. The highest BCUT2D eigenvalue weighted by molar-refractivity contribution is 5.31. The van der Waals surface area contributed by atoms with E-state index in [1.165, 1.54) is 17.5 Å². The Balaban J connectivity index is 2.37. The Bertz CT molecular complexity index is 867. The molecule has 1 nitrogen and oxygen atoms in total. The van der Waals surface area contributed by atoms with Crippen LogP contribution >= 0.6 is 0 Å². The molecule has 35 heavy (non-hydrogen) atoms. The summed E-state index contributed by atoms with van der Waals surface area (Å²) in [4.78, 5) is 0. The van der Waals surface area contributed by atoms with Crippen LogP contribution in [-0.4, -0.2) is 6.61 Å². The minimum absolute atomic E-state index is 0.112. The molecular formula is C34H54O. The van der Waals surface area contributed by atoms with Crippen molar-refractivity contribution in [2.45, 2.75) is 107 Å². The molecule has 0 saturated carbocycles. The van der Waals surface area contributed by atoms with Gasteiger partial charge in [0.05, 0.1) is 6.61 Å². The van der Waals surface area contributed by atoms with Crippen LogP contribution in [-0.2, 0) is 0 Å². The molecule has 0 aliphatic carbocycles. The molecule has 0 amide bonds. The molecule has 196 valence electrons. The molecule has 0 N–H and O–H groups in total. The number of hydrogen-bond donors (Lipinski definition) is 0. The zero-order chi connectivity index (χ0) is 26.4. The molecule has 2 aromatic rings. The molecule has 2 rings (SSSR count). The lowest BCUT2D eigenvalue weighted by Crippen LogP contribution is -2.41. The van der Waals surface area contributed by atoms with Gasteiger partial charge in [0.15, 0.2) is 0 Å². The zero-order valence-corrected chi connectivity index (χ0v) is 24.7. The topological polar surface area (TPSA) is 9.23 Å². The second-order valence-electron chi connectivity index (χ2n) is 13.8. The standard InChI is InChI=1S/C34H54O/c1-12-26(4)24-35-29-20-18-28(19-21-29)31(23-32(5,6)7)34(10,11)33(8,9)22-30(25(2)3)27-16-14-13-15-17-27/h13-21,25-26,30-31H,12,22-24H2,1-11H3. The van der Waals surface area contributed by atoms with Gasteiger partial charge in [-0.25, -0.2) is 0 Å². The summed E-state index contributed by atoms with van der Waals surface area (Å²) in [6.45, 7) is 27.2. The predicted octanol–water partition coefficient (Wildman–Crippen LogP) is 10.5. The van der Waals surface area contributed by atoms with E-state index in [9.17, 15) is 0 Å². The summed E-state index contributed by atoms with van der Waals surface area (Å²) in [5.41, 5.74) is 3.43. The fourth-order valence-corrected chi connectivity index (χ4v) is 5.28. The molecule has 0 aromatic heterocycles. The normalized spacial score (nSPS) is 15.7. The zero-order valence-electron chi connectivity index (χ0n) is 24.7. The Kier molecular flexibility index (Phi) is 10.1. The Hall–Kier alpha value is -1.76. The van der Waals surface area contributed by atoms with E-state index in [4.69, 9.17) is 4.74 Å². The minimum atomic E-state index is 0.112. The second-order valence-corrected chi connectivity index (χ2v) is 13.8. The lowest BCUT2D eigenvalue weighted by molar-refractivity contribution is 0.0378. The van der Waals surface area contributed by atoms with Crippen LogP contribution < -0.4 is 4.74 Å². The van der Waals surface area contributed by atoms with Gasteiger partial charge in [0.2, 0.25) is 0 Å². The maximum Gasteiger partial charge on any atom is 0.119 e. The van der Waals surface area contributed by atoms with E-state index in [-0.39, 0.29) is 16.2 Å². The van der Waals surface area contributed by atoms with E-state index in [1.54, 1.807) is 0 Å². The van der Waals surface area contributed by atoms with E-state index in [0.29, 0.717) is 23.7 Å². The Morgan fingerprint density at radius 2 is 1.29 bits per heavy atom. The van der Waals surface area contributed by atoms with Crippen molar-refractivity contribution >= 4 is 0 Å². The number of hydrogen-bond acceptors (Lipinski definition) is 1. The third kappa shape index (κ3) is 8.12. The van der Waals surface area contributed by atoms with E-state index < -0.39 is 0 Å². The van der Waals surface area contributed by atoms with Gasteiger partial charge in [-0.15, -0.1) is 0 Å². The smallest absolute Gasteiger partial charge is 0.119 e. The number of rotatable bonds is 12. The first-order valence-electron chi connectivity index (χ1n) is 14.0. The van der Waals surface area contributed by atoms with Crippen molar-refractivity contribution in [3.63, 3.8) is 0 Å². The summed E-state index contributed by atoms with van der Waals surface area (Å²) < 4.78 is 6.08. The van der Waals surface area contributed by atoms with Gasteiger partial charge in [-0.1, -0.05) is 125 Å². The largest absolute Gasteiger partial charge is 0.493 e. The molecule has 0 radical (unpaired) electrons. The molecular weight excluding hydrogens is 424 g/mol. The Morgan fingerprint density at radius 1 is 0.714 bits per heavy atom. The van der Waals surface area contributed by atoms with E-state index in [2.05, 4.69) is 131 Å². The lowest BCUT2D eigenvalue weighted by Gasteiger charge is -2.51. The van der Waals surface area contributed by atoms with Crippen LogP contribution in [0.15, 0.2) is 54.6 Å². The molecule has 0 spiro atoms. The van der Waals surface area contributed by atoms with E-state index in [0.717, 1.165) is 25.2 Å². The van der Waals surface area contributed by atoms with Gasteiger partial charge in [-0.3, -0.25) is 0 Å². The average Bonchev–Trinajstić information content (AvgIpc) is 2.79. The maximum atomic E-state index is 6.08. The first-order chi connectivity index (χ1) is 16.2. The molecule has 0 aliphatic rings. The highest BCUT2D eigenvalue weighted by Crippen LogP contribution is 2.56. The van der Waals surface area contributed by atoms with Crippen molar-refractivity contribution in [1.29, 1.82) is 0 Å². The van der Waals surface area contributed by atoms with Crippen molar-refractivity contribution in [2.75, 3.05) is 6.61 Å². The van der Waals surface area contributed by atoms with Crippen molar-refractivity contribution < 1.29 is 4.74 Å². The van der Waals surface area contributed by atoms with Gasteiger partial charge in [0.1, 0.15) is 5.75 Å². The van der Waals surface area contributed by atoms with Gasteiger partial charge >= 0.3 is 0 Å². The molecule has 0 saturated heterocycles. The van der Waals surface area contributed by atoms with Gasteiger partial charge < -0.3 is 4.74 Å². The fraction of sp³-hybridized carbons (Fsp3) is 0.647. The maximum absolute atomic E-state index is 6.08. The van der Waals surface area contributed by atoms with Gasteiger partial charge in [-0.05, 0) is 76.0 Å². The Labute approximate surface area is 218 Å². The molecule has 0 heterocycles. The highest BCUT2D eigenvalue weighted by Gasteiger charge is 2.46. The third-order valence-electron chi connectivity index (χ3n) is 8.71. The van der Waals surface area contributed by atoms with Crippen LogP contribution in [0.1, 0.15) is 118 Å². The van der Waals surface area contributed by atoms with Gasteiger partial charge in [0, 0.05) is 0 Å². The van der Waals surface area contributed by atoms with E-state index in [1.807, 2.05) is 0 Å². The van der Waals surface area contributed by atoms with Crippen molar-refractivity contribution in [3.8, 4) is 5.75 Å². The summed E-state index contributed by atoms with van der Waals surface area (Å²) in [6.07, 6.45) is 3.49. The molecule has 0 aliphatic heterocycles. The predicted molar refractivity (Wildman–Crippen MR) is 154 cm³/mol. The molecule has 0 fully saturated rings. The first-order valence-corrected chi connectivity index (χ1v) is 14.0. The first kappa shape index (κ1) is 29.5. The quantitative estimate of drug-likeness (QED) is 0.295. The van der Waals surface area contributed by atoms with Crippen LogP contribution in [0.5, 0.6) is 5.75 Å². The Morgan fingerprint density at radius 3 is 1.77 bits per heavy atom. The lowest BCUT2D eigenvalue weighted by atomic mass is 9.54. The SMILES string of the molecule is CCC(C)COc1ccc(C(CC(C)(C)C)C(C)(C)C(C)(C)CC(c2ccccc2)C(C)C)cc1. The summed E-state index contributed by atoms with van der Waals surface area (Å²) in [7, 11) is 0. The molecule has 3 unspecified atom stereocenters. The average molecular weight is 479 g/mol. The van der Waals surface area contributed by atoms with Crippen molar-refractivity contribution in [1.82, 2.24) is 0 Å². The molecule has 0 bridgehead atoms. The minimum Gasteiger partial charge on any atom is -0.493 e. The second kappa shape index (κ2) is 12.0. The number of benzene rings is 2. The summed E-state index contributed by atoms with van der Waals surface area (Å²) in [5.74, 6) is 3.20. The van der Waals surface area contributed by atoms with Crippen molar-refractivity contribution in [2.24, 2.45) is 28.1 Å². The molecule has 1 heteroatoms. The van der Waals surface area contributed by atoms with Gasteiger partial charge in [0.25, 0.3) is 0 Å². The summed E-state index contributed by atoms with van der Waals surface area (Å²) in [5, 5.41) is 0. The van der Waals surface area contributed by atoms with Crippen LogP contribution in [0.2, 0.25) is 0 Å². The third-order valence-corrected chi connectivity index (χ3v) is 8.71. The van der Waals surface area contributed by atoms with Crippen LogP contribution in [0.3, 0.4) is 0 Å². The molecule has 3 atom stereocenters. The monoisotopic (exact) mass is 478 g/mol. The van der Waals surface area contributed by atoms with E-state index >= 15 is 0 Å². The number of ether oxygens (including phenoxy) is 1. The summed E-state index contributed by atoms with van der Waals surface area (Å²) in [6, 6.07) is 20.2. The van der Waals surface area contributed by atoms with Crippen molar-refractivity contribution in [3.05, 3.63) is 65.7 Å². The van der Waals surface area contributed by atoms with Gasteiger partial charge in [-0.2, -0.15) is 0 Å². The summed E-state index contributed by atoms with van der Waals surface area (Å²) >= 11 is 0. The van der Waals surface area contributed by atoms with Crippen LogP contribution in [0.25, 0.3) is 0 Å². The van der Waals surface area contributed by atoms with Crippen LogP contribution in [0, 0.1) is 28.1 Å². The highest BCUT2D eigenvalue weighted by atomic mass is 16.5. The van der Waals surface area contributed by atoms with Crippen LogP contribution in [0.4, 0.5) is 0 Å². The molecule has 2 aromatic carbocycles.